The third-order valence-corrected chi connectivity index (χ3v) is 3.85. The molecular formula is C16H14FN3O2S. The zero-order valence-corrected chi connectivity index (χ0v) is 13.1. The van der Waals surface area contributed by atoms with Crippen molar-refractivity contribution in [2.45, 2.75) is 19.4 Å². The molecular weight excluding hydrogens is 317 g/mol. The Bertz CT molecular complexity index is 837. The molecule has 5 nitrogen and oxygen atoms in total. The van der Waals surface area contributed by atoms with Gasteiger partial charge in [-0.3, -0.25) is 4.79 Å². The Balaban J connectivity index is 1.73. The number of nitrogens with one attached hydrogen (secondary N) is 1. The van der Waals surface area contributed by atoms with Crippen LogP contribution < -0.4 is 10.1 Å². The molecule has 0 unspecified atom stereocenters. The Morgan fingerprint density at radius 3 is 2.83 bits per heavy atom. The summed E-state index contributed by atoms with van der Waals surface area (Å²) in [6.45, 7) is 1.80. The number of nitrogens with zero attached hydrogens (tertiary/aromatic N) is 2. The zero-order chi connectivity index (χ0) is 16.2. The van der Waals surface area contributed by atoms with E-state index in [2.05, 4.69) is 14.1 Å². The molecule has 1 heterocycles. The quantitative estimate of drug-likeness (QED) is 0.775. The first-order valence-corrected chi connectivity index (χ1v) is 7.85. The predicted octanol–water partition coefficient (Wildman–Crippen LogP) is 3.63. The van der Waals surface area contributed by atoms with Crippen LogP contribution in [-0.2, 0) is 4.79 Å². The Hall–Kier alpha value is -2.54. The molecule has 0 bridgehead atoms. The standard InChI is InChI=1S/C16H14FN3O2S/c1-2-14(22-15-6-4-3-5-11(15)17)16(21)18-10-7-8-12-13(9-10)20-23-19-12/h3-9,14H,2H2,1H3,(H,18,21)/t14-/m1/s1. The lowest BCUT2D eigenvalue weighted by atomic mass is 10.2. The minimum Gasteiger partial charge on any atom is -0.478 e. The summed E-state index contributed by atoms with van der Waals surface area (Å²) in [4.78, 5) is 12.3. The second-order valence-corrected chi connectivity index (χ2v) is 5.43. The average molecular weight is 331 g/mol. The van der Waals surface area contributed by atoms with Gasteiger partial charge in [-0.25, -0.2) is 4.39 Å². The van der Waals surface area contributed by atoms with Crippen LogP contribution in [0.15, 0.2) is 42.5 Å². The SMILES string of the molecule is CC[C@@H](Oc1ccccc1F)C(=O)Nc1ccc2nsnc2c1. The van der Waals surface area contributed by atoms with Gasteiger partial charge in [0.05, 0.1) is 11.7 Å². The highest BCUT2D eigenvalue weighted by atomic mass is 32.1. The number of hydrogen-bond donors (Lipinski definition) is 1. The van der Waals surface area contributed by atoms with E-state index in [1.165, 1.54) is 12.1 Å². The third kappa shape index (κ3) is 3.45. The monoisotopic (exact) mass is 331 g/mol. The summed E-state index contributed by atoms with van der Waals surface area (Å²) >= 11 is 1.12. The lowest BCUT2D eigenvalue weighted by molar-refractivity contribution is -0.122. The molecule has 118 valence electrons. The van der Waals surface area contributed by atoms with Gasteiger partial charge in [0.25, 0.3) is 5.91 Å². The number of benzene rings is 2. The maximum Gasteiger partial charge on any atom is 0.265 e. The summed E-state index contributed by atoms with van der Waals surface area (Å²) in [5.41, 5.74) is 2.10. The van der Waals surface area contributed by atoms with E-state index >= 15 is 0 Å². The molecule has 1 amide bonds. The van der Waals surface area contributed by atoms with Gasteiger partial charge in [0.2, 0.25) is 0 Å². The van der Waals surface area contributed by atoms with Gasteiger partial charge in [-0.1, -0.05) is 19.1 Å². The Labute approximate surface area is 136 Å². The second-order valence-electron chi connectivity index (χ2n) is 4.90. The first kappa shape index (κ1) is 15.4. The van der Waals surface area contributed by atoms with Crippen LogP contribution in [0.5, 0.6) is 5.75 Å². The molecule has 2 aromatic carbocycles. The Kier molecular flexibility index (Phi) is 4.47. The van der Waals surface area contributed by atoms with E-state index in [9.17, 15) is 9.18 Å². The number of aromatic nitrogens is 2. The molecule has 1 aromatic heterocycles. The van der Waals surface area contributed by atoms with Crippen LogP contribution in [0.3, 0.4) is 0 Å². The molecule has 0 radical (unpaired) electrons. The maximum atomic E-state index is 13.6. The number of rotatable bonds is 5. The van der Waals surface area contributed by atoms with Gasteiger partial charge in [0, 0.05) is 5.69 Å². The van der Waals surface area contributed by atoms with E-state index in [1.807, 2.05) is 0 Å². The van der Waals surface area contributed by atoms with Crippen molar-refractivity contribution < 1.29 is 13.9 Å². The van der Waals surface area contributed by atoms with Crippen LogP contribution in [0.25, 0.3) is 11.0 Å². The molecule has 23 heavy (non-hydrogen) atoms. The molecule has 0 saturated heterocycles. The highest BCUT2D eigenvalue weighted by Crippen LogP contribution is 2.20. The van der Waals surface area contributed by atoms with Crippen LogP contribution >= 0.6 is 11.7 Å². The fraction of sp³-hybridized carbons (Fsp3) is 0.188. The van der Waals surface area contributed by atoms with Gasteiger partial charge in [0.1, 0.15) is 11.0 Å². The van der Waals surface area contributed by atoms with Crippen LogP contribution in [0.2, 0.25) is 0 Å². The average Bonchev–Trinajstić information content (AvgIpc) is 3.01. The fourth-order valence-electron chi connectivity index (χ4n) is 2.10. The van der Waals surface area contributed by atoms with Crippen molar-refractivity contribution >= 4 is 34.4 Å². The van der Waals surface area contributed by atoms with E-state index in [1.54, 1.807) is 37.3 Å². The molecule has 1 N–H and O–H groups in total. The lowest BCUT2D eigenvalue weighted by Crippen LogP contribution is -2.32. The number of carbonyl (C=O) groups excluding carboxylic acids is 1. The number of para-hydroxylation sites is 1. The Morgan fingerprint density at radius 2 is 2.04 bits per heavy atom. The van der Waals surface area contributed by atoms with Gasteiger partial charge in [0.15, 0.2) is 17.7 Å². The van der Waals surface area contributed by atoms with Crippen LogP contribution in [0.1, 0.15) is 13.3 Å². The van der Waals surface area contributed by atoms with Gasteiger partial charge in [-0.2, -0.15) is 8.75 Å². The minimum absolute atomic E-state index is 0.0636. The van der Waals surface area contributed by atoms with Crippen LogP contribution in [0.4, 0.5) is 10.1 Å². The minimum atomic E-state index is -0.781. The van der Waals surface area contributed by atoms with Crippen molar-refractivity contribution in [3.8, 4) is 5.75 Å². The van der Waals surface area contributed by atoms with Crippen molar-refractivity contribution in [1.29, 1.82) is 0 Å². The topological polar surface area (TPSA) is 64.1 Å². The first-order valence-electron chi connectivity index (χ1n) is 7.11. The largest absolute Gasteiger partial charge is 0.478 e. The summed E-state index contributed by atoms with van der Waals surface area (Å²) in [5.74, 6) is -0.763. The predicted molar refractivity (Wildman–Crippen MR) is 87.2 cm³/mol. The molecule has 0 aliphatic rings. The molecule has 7 heteroatoms. The molecule has 0 fully saturated rings. The van der Waals surface area contributed by atoms with E-state index < -0.39 is 11.9 Å². The molecule has 0 aliphatic heterocycles. The molecule has 1 atom stereocenters. The van der Waals surface area contributed by atoms with Crippen molar-refractivity contribution in [3.63, 3.8) is 0 Å². The summed E-state index contributed by atoms with van der Waals surface area (Å²) in [6, 6.07) is 11.3. The van der Waals surface area contributed by atoms with E-state index in [0.717, 1.165) is 22.8 Å². The van der Waals surface area contributed by atoms with Crippen molar-refractivity contribution in [2.24, 2.45) is 0 Å². The van der Waals surface area contributed by atoms with Crippen molar-refractivity contribution in [1.82, 2.24) is 8.75 Å². The molecule has 0 saturated carbocycles. The molecule has 3 rings (SSSR count). The lowest BCUT2D eigenvalue weighted by Gasteiger charge is -2.17. The van der Waals surface area contributed by atoms with Gasteiger partial charge in [-0.05, 0) is 36.8 Å². The highest BCUT2D eigenvalue weighted by molar-refractivity contribution is 7.00. The van der Waals surface area contributed by atoms with Crippen LogP contribution in [-0.4, -0.2) is 20.8 Å². The van der Waals surface area contributed by atoms with E-state index in [0.29, 0.717) is 12.1 Å². The normalized spacial score (nSPS) is 12.1. The van der Waals surface area contributed by atoms with E-state index in [-0.39, 0.29) is 11.7 Å². The van der Waals surface area contributed by atoms with Gasteiger partial charge in [-0.15, -0.1) is 0 Å². The highest BCUT2D eigenvalue weighted by Gasteiger charge is 2.20. The summed E-state index contributed by atoms with van der Waals surface area (Å²) in [7, 11) is 0. The number of fused-ring (bicyclic) bond motifs is 1. The molecule has 0 spiro atoms. The van der Waals surface area contributed by atoms with Gasteiger partial charge >= 0.3 is 0 Å². The number of anilines is 1. The molecule has 3 aromatic rings. The maximum absolute atomic E-state index is 13.6. The molecule has 0 aliphatic carbocycles. The first-order chi connectivity index (χ1) is 11.2. The zero-order valence-electron chi connectivity index (χ0n) is 12.3. The number of ether oxygens (including phenoxy) is 1. The smallest absolute Gasteiger partial charge is 0.265 e. The number of hydrogen-bond acceptors (Lipinski definition) is 5. The van der Waals surface area contributed by atoms with Crippen LogP contribution in [0, 0.1) is 5.82 Å². The summed E-state index contributed by atoms with van der Waals surface area (Å²) in [5, 5.41) is 2.77. The van der Waals surface area contributed by atoms with E-state index in [4.69, 9.17) is 4.74 Å². The second kappa shape index (κ2) is 6.70. The summed E-state index contributed by atoms with van der Waals surface area (Å²) in [6.07, 6.45) is -0.364. The number of carbonyl (C=O) groups is 1. The Morgan fingerprint density at radius 1 is 1.26 bits per heavy atom. The van der Waals surface area contributed by atoms with Crippen molar-refractivity contribution in [2.75, 3.05) is 5.32 Å². The van der Waals surface area contributed by atoms with Gasteiger partial charge < -0.3 is 10.1 Å². The van der Waals surface area contributed by atoms with Crippen molar-refractivity contribution in [3.05, 3.63) is 48.3 Å². The summed E-state index contributed by atoms with van der Waals surface area (Å²) < 4.78 is 27.4. The third-order valence-electron chi connectivity index (χ3n) is 3.29. The number of amides is 1. The fourth-order valence-corrected chi connectivity index (χ4v) is 2.62. The number of halogens is 1.